The number of aromatic nitrogens is 2. The van der Waals surface area contributed by atoms with Crippen molar-refractivity contribution < 1.29 is 0 Å². The van der Waals surface area contributed by atoms with Crippen LogP contribution in [0.5, 0.6) is 0 Å². The van der Waals surface area contributed by atoms with Crippen molar-refractivity contribution in [3.05, 3.63) is 24.0 Å². The monoisotopic (exact) mass is 213 g/mol. The number of nitrogens with two attached hydrogens (primary N) is 1. The maximum Gasteiger partial charge on any atom is 0.110 e. The fourth-order valence-corrected chi connectivity index (χ4v) is 3.18. The minimum absolute atomic E-state index is 0.664. The summed E-state index contributed by atoms with van der Waals surface area (Å²) in [6.45, 7) is 0. The fourth-order valence-electron chi connectivity index (χ4n) is 3.18. The highest BCUT2D eigenvalue weighted by Crippen LogP contribution is 2.57. The van der Waals surface area contributed by atoms with Crippen LogP contribution in [-0.2, 0) is 0 Å². The normalized spacial score (nSPS) is 31.9. The van der Waals surface area contributed by atoms with Gasteiger partial charge in [-0.1, -0.05) is 0 Å². The summed E-state index contributed by atoms with van der Waals surface area (Å²) in [6, 6.07) is 5.89. The Kier molecular flexibility index (Phi) is 1.50. The predicted octanol–water partition coefficient (Wildman–Crippen LogP) is 2.66. The second-order valence-electron chi connectivity index (χ2n) is 5.32. The summed E-state index contributed by atoms with van der Waals surface area (Å²) in [5.41, 5.74) is 8.70. The van der Waals surface area contributed by atoms with Crippen molar-refractivity contribution in [1.82, 2.24) is 9.97 Å². The second kappa shape index (κ2) is 2.78. The van der Waals surface area contributed by atoms with E-state index in [9.17, 15) is 0 Å². The van der Waals surface area contributed by atoms with E-state index in [1.54, 1.807) is 0 Å². The maximum absolute atomic E-state index is 5.77. The molecule has 1 aromatic heterocycles. The quantitative estimate of drug-likeness (QED) is 0.715. The van der Waals surface area contributed by atoms with Gasteiger partial charge in [0, 0.05) is 11.6 Å². The first kappa shape index (κ1) is 8.62. The summed E-state index contributed by atoms with van der Waals surface area (Å²) in [5, 5.41) is 0. The number of nitrogens with zero attached hydrogens (tertiary/aromatic N) is 1. The predicted molar refractivity (Wildman–Crippen MR) is 64.1 cm³/mol. The fraction of sp³-hybridized carbons (Fsp3) is 0.462. The summed E-state index contributed by atoms with van der Waals surface area (Å²) in [6.07, 6.45) is 4.13. The molecular formula is C13H15N3. The van der Waals surface area contributed by atoms with Gasteiger partial charge in [0.15, 0.2) is 0 Å². The molecule has 0 amide bonds. The number of hydrogen-bond acceptors (Lipinski definition) is 2. The van der Waals surface area contributed by atoms with E-state index in [2.05, 4.69) is 9.97 Å². The Morgan fingerprint density at radius 1 is 1.19 bits per heavy atom. The average molecular weight is 213 g/mol. The molecule has 2 unspecified atom stereocenters. The Morgan fingerprint density at radius 3 is 2.81 bits per heavy atom. The summed E-state index contributed by atoms with van der Waals surface area (Å²) in [7, 11) is 0. The molecule has 2 atom stereocenters. The van der Waals surface area contributed by atoms with Gasteiger partial charge in [-0.2, -0.15) is 0 Å². The molecule has 0 radical (unpaired) electrons. The average Bonchev–Trinajstić information content (AvgIpc) is 2.75. The van der Waals surface area contributed by atoms with E-state index in [4.69, 9.17) is 5.73 Å². The van der Waals surface area contributed by atoms with Crippen LogP contribution in [0.25, 0.3) is 11.0 Å². The topological polar surface area (TPSA) is 54.7 Å². The molecule has 3 heteroatoms. The molecule has 0 spiro atoms. The smallest absolute Gasteiger partial charge is 0.110 e. The third-order valence-electron chi connectivity index (χ3n) is 4.15. The molecule has 0 bridgehead atoms. The summed E-state index contributed by atoms with van der Waals surface area (Å²) in [4.78, 5) is 8.11. The summed E-state index contributed by atoms with van der Waals surface area (Å²) < 4.78 is 0. The lowest BCUT2D eigenvalue weighted by Crippen LogP contribution is -1.97. The highest BCUT2D eigenvalue weighted by atomic mass is 14.9. The standard InChI is InChI=1S/C13H15N3/c14-10-1-2-11-12(6-10)16-13(15-11)9-4-7-3-8(7)5-9/h1-2,6-9H,3-5,14H2,(H,15,16). The largest absolute Gasteiger partial charge is 0.399 e. The first-order chi connectivity index (χ1) is 7.79. The van der Waals surface area contributed by atoms with Gasteiger partial charge in [0.05, 0.1) is 11.0 Å². The highest BCUT2D eigenvalue weighted by molar-refractivity contribution is 5.78. The molecule has 82 valence electrons. The van der Waals surface area contributed by atoms with Crippen molar-refractivity contribution in [3.8, 4) is 0 Å². The molecule has 1 aromatic carbocycles. The number of aromatic amines is 1. The van der Waals surface area contributed by atoms with E-state index in [0.29, 0.717) is 5.92 Å². The van der Waals surface area contributed by atoms with Crippen molar-refractivity contribution in [2.75, 3.05) is 5.73 Å². The summed E-state index contributed by atoms with van der Waals surface area (Å²) in [5.74, 6) is 3.84. The molecule has 0 saturated heterocycles. The first-order valence-electron chi connectivity index (χ1n) is 6.05. The molecule has 0 aliphatic heterocycles. The van der Waals surface area contributed by atoms with Crippen molar-refractivity contribution >= 4 is 16.7 Å². The lowest BCUT2D eigenvalue weighted by molar-refractivity contribution is 0.597. The number of anilines is 1. The molecule has 16 heavy (non-hydrogen) atoms. The zero-order valence-corrected chi connectivity index (χ0v) is 9.11. The van der Waals surface area contributed by atoms with Crippen LogP contribution in [0.1, 0.15) is 31.0 Å². The minimum Gasteiger partial charge on any atom is -0.399 e. The van der Waals surface area contributed by atoms with Gasteiger partial charge in [-0.05, 0) is 49.3 Å². The zero-order chi connectivity index (χ0) is 10.7. The number of hydrogen-bond donors (Lipinski definition) is 2. The first-order valence-corrected chi connectivity index (χ1v) is 6.05. The van der Waals surface area contributed by atoms with E-state index in [1.165, 1.54) is 25.1 Å². The Balaban J connectivity index is 1.75. The number of nitrogens with one attached hydrogen (secondary N) is 1. The van der Waals surface area contributed by atoms with Gasteiger partial charge in [-0.25, -0.2) is 4.98 Å². The number of fused-ring (bicyclic) bond motifs is 2. The molecule has 3 N–H and O–H groups in total. The third kappa shape index (κ3) is 1.17. The van der Waals surface area contributed by atoms with Gasteiger partial charge in [0.25, 0.3) is 0 Å². The van der Waals surface area contributed by atoms with Crippen LogP contribution in [0, 0.1) is 11.8 Å². The Bertz CT molecular complexity index is 547. The van der Waals surface area contributed by atoms with Crippen LogP contribution >= 0.6 is 0 Å². The third-order valence-corrected chi connectivity index (χ3v) is 4.15. The zero-order valence-electron chi connectivity index (χ0n) is 9.11. The van der Waals surface area contributed by atoms with Gasteiger partial charge in [-0.15, -0.1) is 0 Å². The Morgan fingerprint density at radius 2 is 2.00 bits per heavy atom. The van der Waals surface area contributed by atoms with Gasteiger partial charge in [-0.3, -0.25) is 0 Å². The number of imidazole rings is 1. The van der Waals surface area contributed by atoms with Crippen molar-refractivity contribution in [1.29, 1.82) is 0 Å². The molecule has 2 aromatic rings. The molecule has 2 saturated carbocycles. The van der Waals surface area contributed by atoms with Gasteiger partial charge < -0.3 is 10.7 Å². The number of benzene rings is 1. The van der Waals surface area contributed by atoms with Gasteiger partial charge in [0.2, 0.25) is 0 Å². The van der Waals surface area contributed by atoms with Crippen LogP contribution in [0.15, 0.2) is 18.2 Å². The van der Waals surface area contributed by atoms with Crippen LogP contribution in [0.2, 0.25) is 0 Å². The molecular weight excluding hydrogens is 198 g/mol. The number of H-pyrrole nitrogens is 1. The molecule has 2 aliphatic rings. The molecule has 3 nitrogen and oxygen atoms in total. The van der Waals surface area contributed by atoms with Crippen molar-refractivity contribution in [2.24, 2.45) is 11.8 Å². The Hall–Kier alpha value is -1.51. The van der Waals surface area contributed by atoms with Gasteiger partial charge >= 0.3 is 0 Å². The number of rotatable bonds is 1. The lowest BCUT2D eigenvalue weighted by atomic mass is 10.0. The number of nitrogen functional groups attached to an aromatic ring is 1. The van der Waals surface area contributed by atoms with Crippen LogP contribution in [0.3, 0.4) is 0 Å². The SMILES string of the molecule is Nc1ccc2nc(C3CC4CC4C3)[nH]c2c1. The van der Waals surface area contributed by atoms with E-state index >= 15 is 0 Å². The highest BCUT2D eigenvalue weighted by Gasteiger charge is 2.46. The van der Waals surface area contributed by atoms with Crippen LogP contribution in [-0.4, -0.2) is 9.97 Å². The summed E-state index contributed by atoms with van der Waals surface area (Å²) >= 11 is 0. The molecule has 2 aliphatic carbocycles. The van der Waals surface area contributed by atoms with E-state index in [-0.39, 0.29) is 0 Å². The van der Waals surface area contributed by atoms with Crippen molar-refractivity contribution in [2.45, 2.75) is 25.2 Å². The van der Waals surface area contributed by atoms with E-state index < -0.39 is 0 Å². The molecule has 1 heterocycles. The lowest BCUT2D eigenvalue weighted by Gasteiger charge is -2.06. The van der Waals surface area contributed by atoms with E-state index in [1.807, 2.05) is 18.2 Å². The molecule has 4 rings (SSSR count). The Labute approximate surface area is 94.1 Å². The van der Waals surface area contributed by atoms with E-state index in [0.717, 1.165) is 28.6 Å². The van der Waals surface area contributed by atoms with Crippen molar-refractivity contribution in [3.63, 3.8) is 0 Å². The minimum atomic E-state index is 0.664. The molecule has 2 fully saturated rings. The second-order valence-corrected chi connectivity index (χ2v) is 5.32. The van der Waals surface area contributed by atoms with Crippen LogP contribution in [0.4, 0.5) is 5.69 Å². The van der Waals surface area contributed by atoms with Gasteiger partial charge in [0.1, 0.15) is 5.82 Å². The van der Waals surface area contributed by atoms with Crippen LogP contribution < -0.4 is 5.73 Å². The maximum atomic E-state index is 5.77.